The van der Waals surface area contributed by atoms with Crippen molar-refractivity contribution in [3.63, 3.8) is 0 Å². The quantitative estimate of drug-likeness (QED) is 0.912. The zero-order chi connectivity index (χ0) is 14.4. The Morgan fingerprint density at radius 2 is 2.20 bits per heavy atom. The van der Waals surface area contributed by atoms with Gasteiger partial charge in [0.05, 0.1) is 5.56 Å². The van der Waals surface area contributed by atoms with Crippen molar-refractivity contribution >= 4 is 5.91 Å². The molecule has 100 valence electrons. The summed E-state index contributed by atoms with van der Waals surface area (Å²) in [4.78, 5) is 20.1. The highest BCUT2D eigenvalue weighted by atomic mass is 16.1. The van der Waals surface area contributed by atoms with Crippen molar-refractivity contribution in [3.05, 3.63) is 59.2 Å². The molecular weight excluding hydrogens is 252 g/mol. The fraction of sp³-hybridized carbons (Fsp3) is 0.200. The molecular formula is C15H14N4O. The molecule has 0 aromatic carbocycles. The third-order valence-corrected chi connectivity index (χ3v) is 2.75. The van der Waals surface area contributed by atoms with Crippen LogP contribution in [0.4, 0.5) is 0 Å². The first-order chi connectivity index (χ1) is 9.69. The molecule has 5 heteroatoms. The third kappa shape index (κ3) is 3.62. The highest BCUT2D eigenvalue weighted by Gasteiger charge is 2.05. The number of hydrogen-bond acceptors (Lipinski definition) is 4. The lowest BCUT2D eigenvalue weighted by Gasteiger charge is -2.05. The fourth-order valence-corrected chi connectivity index (χ4v) is 1.74. The molecule has 2 heterocycles. The van der Waals surface area contributed by atoms with Gasteiger partial charge in [0, 0.05) is 30.6 Å². The number of nitriles is 1. The minimum absolute atomic E-state index is 0.199. The molecule has 0 saturated heterocycles. The molecule has 5 nitrogen and oxygen atoms in total. The van der Waals surface area contributed by atoms with Gasteiger partial charge in [-0.25, -0.2) is 4.98 Å². The van der Waals surface area contributed by atoms with E-state index in [2.05, 4.69) is 15.3 Å². The monoisotopic (exact) mass is 266 g/mol. The lowest BCUT2D eigenvalue weighted by atomic mass is 10.2. The number of rotatable bonds is 4. The van der Waals surface area contributed by atoms with Crippen LogP contribution in [0.1, 0.15) is 27.4 Å². The lowest BCUT2D eigenvalue weighted by molar-refractivity contribution is 0.0953. The molecule has 1 amide bonds. The van der Waals surface area contributed by atoms with E-state index in [1.165, 1.54) is 12.3 Å². The van der Waals surface area contributed by atoms with Crippen LogP contribution in [0.2, 0.25) is 0 Å². The van der Waals surface area contributed by atoms with E-state index in [1.807, 2.05) is 31.2 Å². The molecule has 0 fully saturated rings. The average molecular weight is 266 g/mol. The number of carbonyl (C=O) groups is 1. The topological polar surface area (TPSA) is 78.7 Å². The van der Waals surface area contributed by atoms with Crippen molar-refractivity contribution in [1.82, 2.24) is 15.3 Å². The molecule has 1 N–H and O–H groups in total. The van der Waals surface area contributed by atoms with Crippen LogP contribution in [0.5, 0.6) is 0 Å². The minimum Gasteiger partial charge on any atom is -0.352 e. The Kier molecular flexibility index (Phi) is 4.40. The van der Waals surface area contributed by atoms with Crippen molar-refractivity contribution in [2.75, 3.05) is 6.54 Å². The summed E-state index contributed by atoms with van der Waals surface area (Å²) in [7, 11) is 0. The maximum atomic E-state index is 11.8. The van der Waals surface area contributed by atoms with Crippen LogP contribution < -0.4 is 5.32 Å². The summed E-state index contributed by atoms with van der Waals surface area (Å²) in [5.74, 6) is -0.199. The van der Waals surface area contributed by atoms with Gasteiger partial charge >= 0.3 is 0 Å². The van der Waals surface area contributed by atoms with Gasteiger partial charge in [0.2, 0.25) is 0 Å². The van der Waals surface area contributed by atoms with E-state index in [1.54, 1.807) is 6.07 Å². The number of aryl methyl sites for hydroxylation is 1. The highest BCUT2D eigenvalue weighted by molar-refractivity contribution is 5.93. The summed E-state index contributed by atoms with van der Waals surface area (Å²) in [6, 6.07) is 10.8. The van der Waals surface area contributed by atoms with Crippen LogP contribution >= 0.6 is 0 Å². The molecule has 0 saturated carbocycles. The number of nitrogens with one attached hydrogen (secondary N) is 1. The first kappa shape index (κ1) is 13.7. The number of carbonyl (C=O) groups excluding carboxylic acids is 1. The predicted molar refractivity (Wildman–Crippen MR) is 74.0 cm³/mol. The standard InChI is InChI=1S/C15H14N4O/c1-11-3-2-4-13(19-11)7-8-17-15(20)12-5-6-14(9-16)18-10-12/h2-6,10H,7-8H2,1H3,(H,17,20). The van der Waals surface area contributed by atoms with Crippen molar-refractivity contribution in [1.29, 1.82) is 5.26 Å². The molecule has 2 rings (SSSR count). The van der Waals surface area contributed by atoms with Gasteiger partial charge in [-0.05, 0) is 31.2 Å². The van der Waals surface area contributed by atoms with Gasteiger partial charge in [0.1, 0.15) is 11.8 Å². The van der Waals surface area contributed by atoms with E-state index in [0.29, 0.717) is 24.2 Å². The van der Waals surface area contributed by atoms with Gasteiger partial charge in [-0.2, -0.15) is 5.26 Å². The summed E-state index contributed by atoms with van der Waals surface area (Å²) < 4.78 is 0. The van der Waals surface area contributed by atoms with Crippen molar-refractivity contribution in [2.24, 2.45) is 0 Å². The molecule has 20 heavy (non-hydrogen) atoms. The number of nitrogens with zero attached hydrogens (tertiary/aromatic N) is 3. The smallest absolute Gasteiger partial charge is 0.252 e. The van der Waals surface area contributed by atoms with Gasteiger partial charge in [-0.3, -0.25) is 9.78 Å². The van der Waals surface area contributed by atoms with Gasteiger partial charge < -0.3 is 5.32 Å². The molecule has 2 aromatic heterocycles. The van der Waals surface area contributed by atoms with Crippen LogP contribution in [0.25, 0.3) is 0 Å². The Morgan fingerprint density at radius 1 is 1.35 bits per heavy atom. The Hall–Kier alpha value is -2.74. The van der Waals surface area contributed by atoms with Gasteiger partial charge in [-0.1, -0.05) is 6.07 Å². The number of amides is 1. The Balaban J connectivity index is 1.87. The van der Waals surface area contributed by atoms with Crippen LogP contribution in [0.15, 0.2) is 36.5 Å². The molecule has 0 atom stereocenters. The predicted octanol–water partition coefficient (Wildman–Crippen LogP) is 1.63. The SMILES string of the molecule is Cc1cccc(CCNC(=O)c2ccc(C#N)nc2)n1. The summed E-state index contributed by atoms with van der Waals surface area (Å²) in [5, 5.41) is 11.4. The summed E-state index contributed by atoms with van der Waals surface area (Å²) in [6.45, 7) is 2.44. The van der Waals surface area contributed by atoms with Crippen LogP contribution in [0, 0.1) is 18.3 Å². The van der Waals surface area contributed by atoms with Gasteiger partial charge in [0.25, 0.3) is 5.91 Å². The fourth-order valence-electron chi connectivity index (χ4n) is 1.74. The maximum Gasteiger partial charge on any atom is 0.252 e. The molecule has 2 aromatic rings. The second-order valence-corrected chi connectivity index (χ2v) is 4.32. The van der Waals surface area contributed by atoms with Crippen molar-refractivity contribution < 1.29 is 4.79 Å². The van der Waals surface area contributed by atoms with E-state index < -0.39 is 0 Å². The first-order valence-corrected chi connectivity index (χ1v) is 6.26. The Bertz CT molecular complexity index is 644. The summed E-state index contributed by atoms with van der Waals surface area (Å²) in [5.41, 5.74) is 2.65. The van der Waals surface area contributed by atoms with E-state index in [-0.39, 0.29) is 5.91 Å². The van der Waals surface area contributed by atoms with E-state index in [9.17, 15) is 4.79 Å². The summed E-state index contributed by atoms with van der Waals surface area (Å²) >= 11 is 0. The normalized spacial score (nSPS) is 9.80. The van der Waals surface area contributed by atoms with Gasteiger partial charge in [0.15, 0.2) is 0 Å². The van der Waals surface area contributed by atoms with Crippen LogP contribution in [0.3, 0.4) is 0 Å². The minimum atomic E-state index is -0.199. The lowest BCUT2D eigenvalue weighted by Crippen LogP contribution is -2.26. The molecule has 0 unspecified atom stereocenters. The van der Waals surface area contributed by atoms with Crippen molar-refractivity contribution in [3.8, 4) is 6.07 Å². The molecule has 0 aliphatic heterocycles. The van der Waals surface area contributed by atoms with E-state index in [4.69, 9.17) is 5.26 Å². The number of aromatic nitrogens is 2. The molecule has 0 aliphatic rings. The maximum absolute atomic E-state index is 11.8. The molecule has 0 aliphatic carbocycles. The molecule has 0 bridgehead atoms. The Labute approximate surface area is 117 Å². The average Bonchev–Trinajstić information content (AvgIpc) is 2.47. The highest BCUT2D eigenvalue weighted by Crippen LogP contribution is 2.01. The molecule has 0 spiro atoms. The zero-order valence-corrected chi connectivity index (χ0v) is 11.1. The second kappa shape index (κ2) is 6.43. The van der Waals surface area contributed by atoms with Gasteiger partial charge in [-0.15, -0.1) is 0 Å². The van der Waals surface area contributed by atoms with Crippen LogP contribution in [-0.4, -0.2) is 22.4 Å². The van der Waals surface area contributed by atoms with Crippen molar-refractivity contribution in [2.45, 2.75) is 13.3 Å². The van der Waals surface area contributed by atoms with E-state index in [0.717, 1.165) is 11.4 Å². The van der Waals surface area contributed by atoms with E-state index >= 15 is 0 Å². The number of pyridine rings is 2. The molecule has 0 radical (unpaired) electrons. The Morgan fingerprint density at radius 3 is 2.85 bits per heavy atom. The number of hydrogen-bond donors (Lipinski definition) is 1. The first-order valence-electron chi connectivity index (χ1n) is 6.26. The summed E-state index contributed by atoms with van der Waals surface area (Å²) in [6.07, 6.45) is 2.08. The second-order valence-electron chi connectivity index (χ2n) is 4.32. The van der Waals surface area contributed by atoms with Crippen LogP contribution in [-0.2, 0) is 6.42 Å². The zero-order valence-electron chi connectivity index (χ0n) is 11.1. The third-order valence-electron chi connectivity index (χ3n) is 2.75. The largest absolute Gasteiger partial charge is 0.352 e.